The zero-order valence-electron chi connectivity index (χ0n) is 20.0. The molecule has 2 aromatic heterocycles. The topological polar surface area (TPSA) is 92.1 Å². The number of nitrogens with one attached hydrogen (secondary N) is 2. The zero-order chi connectivity index (χ0) is 23.9. The number of aliphatic hydroxyl groups is 1. The maximum atomic E-state index is 13.5. The van der Waals surface area contributed by atoms with Crippen LogP contribution in [0.3, 0.4) is 0 Å². The highest BCUT2D eigenvalue weighted by Gasteiger charge is 2.22. The molecule has 7 heteroatoms. The van der Waals surface area contributed by atoms with Crippen LogP contribution in [0.5, 0.6) is 0 Å². The minimum absolute atomic E-state index is 0.182. The predicted molar refractivity (Wildman–Crippen MR) is 131 cm³/mol. The molecule has 1 aliphatic rings. The third-order valence-electron chi connectivity index (χ3n) is 6.11. The molecule has 3 heterocycles. The number of hydrogen-bond donors (Lipinski definition) is 3. The molecule has 0 aliphatic carbocycles. The molecule has 0 saturated heterocycles. The van der Waals surface area contributed by atoms with Gasteiger partial charge in [0.05, 0.1) is 0 Å². The Morgan fingerprint density at radius 1 is 1.15 bits per heavy atom. The Kier molecular flexibility index (Phi) is 6.08. The first kappa shape index (κ1) is 22.7. The number of nitrogens with zero attached hydrogens (tertiary/aromatic N) is 3. The average Bonchev–Trinajstić information content (AvgIpc) is 3.09. The molecule has 1 aromatic carbocycles. The molecule has 0 fully saturated rings. The van der Waals surface area contributed by atoms with Gasteiger partial charge in [-0.05, 0) is 76.5 Å². The molecule has 3 N–H and O–H groups in total. The van der Waals surface area contributed by atoms with Gasteiger partial charge in [-0.3, -0.25) is 4.79 Å². The number of allylic oxidation sites excluding steroid dienone is 3. The van der Waals surface area contributed by atoms with E-state index in [1.54, 1.807) is 12.4 Å². The highest BCUT2D eigenvalue weighted by atomic mass is 16.3. The number of aromatic nitrogens is 3. The molecular formula is C26H31N5O2. The molecule has 172 valence electrons. The number of aliphatic hydroxyl groups excluding tert-OH is 1. The summed E-state index contributed by atoms with van der Waals surface area (Å²) in [4.78, 5) is 22.1. The number of carbonyl (C=O) groups excluding carboxylic acids is 1. The Hall–Kier alpha value is -3.45. The summed E-state index contributed by atoms with van der Waals surface area (Å²) in [6, 6.07) is 4.25. The van der Waals surface area contributed by atoms with Crippen molar-refractivity contribution < 1.29 is 9.90 Å². The van der Waals surface area contributed by atoms with Crippen LogP contribution in [0.2, 0.25) is 0 Å². The number of carbonyl (C=O) groups is 1. The van der Waals surface area contributed by atoms with Gasteiger partial charge in [0.2, 0.25) is 0 Å². The number of rotatable bonds is 5. The van der Waals surface area contributed by atoms with Crippen LogP contribution in [0.25, 0.3) is 22.0 Å². The number of benzene rings is 1. The lowest BCUT2D eigenvalue weighted by molar-refractivity contribution is 0.0954. The highest BCUT2D eigenvalue weighted by Crippen LogP contribution is 2.32. The maximum Gasteiger partial charge on any atom is 0.252 e. The van der Waals surface area contributed by atoms with Gasteiger partial charge in [0.25, 0.3) is 5.91 Å². The first-order chi connectivity index (χ1) is 15.7. The predicted octanol–water partition coefficient (Wildman–Crippen LogP) is 4.17. The number of hydrogen-bond acceptors (Lipinski definition) is 5. The van der Waals surface area contributed by atoms with Crippen LogP contribution in [-0.2, 0) is 0 Å². The van der Waals surface area contributed by atoms with Crippen molar-refractivity contribution in [1.82, 2.24) is 25.2 Å². The van der Waals surface area contributed by atoms with Gasteiger partial charge in [-0.25, -0.2) is 9.97 Å². The second-order valence-electron chi connectivity index (χ2n) is 9.02. The molecule has 3 aromatic rings. The Bertz CT molecular complexity index is 1280. The lowest BCUT2D eigenvalue weighted by Gasteiger charge is -2.24. The molecule has 0 radical (unpaired) electrons. The summed E-state index contributed by atoms with van der Waals surface area (Å²) in [5, 5.41) is 17.4. The maximum absolute atomic E-state index is 13.5. The van der Waals surface area contributed by atoms with E-state index in [0.29, 0.717) is 11.4 Å². The Morgan fingerprint density at radius 2 is 1.85 bits per heavy atom. The number of aryl methyl sites for hydroxylation is 2. The van der Waals surface area contributed by atoms with E-state index in [0.717, 1.165) is 44.4 Å². The van der Waals surface area contributed by atoms with E-state index in [-0.39, 0.29) is 18.5 Å². The van der Waals surface area contributed by atoms with E-state index in [4.69, 9.17) is 0 Å². The fourth-order valence-corrected chi connectivity index (χ4v) is 4.39. The summed E-state index contributed by atoms with van der Waals surface area (Å²) in [6.45, 7) is 12.2. The summed E-state index contributed by atoms with van der Waals surface area (Å²) in [5.74, 6) is 0.519. The monoisotopic (exact) mass is 445 g/mol. The van der Waals surface area contributed by atoms with Crippen LogP contribution in [0.15, 0.2) is 53.6 Å². The molecular weight excluding hydrogens is 414 g/mol. The van der Waals surface area contributed by atoms with Crippen LogP contribution in [0, 0.1) is 13.8 Å². The number of amides is 1. The first-order valence-electron chi connectivity index (χ1n) is 11.2. The normalized spacial score (nSPS) is 16.2. The standard InChI is InChI=1S/C26H31N5O2/c1-14(2)31-13-16(4)24-21(8-19(9-23(24)31)20-10-27-18(6)28-11-20)25(32)29-12-22-15(3)7-17(5)30-26(22)33/h7-11,13-14,26,30,33H,12H2,1-6H3,(H,29,32). The quantitative estimate of drug-likeness (QED) is 0.548. The zero-order valence-corrected chi connectivity index (χ0v) is 20.0. The lowest BCUT2D eigenvalue weighted by atomic mass is 9.99. The van der Waals surface area contributed by atoms with Crippen molar-refractivity contribution in [1.29, 1.82) is 0 Å². The van der Waals surface area contributed by atoms with Gasteiger partial charge in [0, 0.05) is 64.5 Å². The van der Waals surface area contributed by atoms with Gasteiger partial charge in [0.1, 0.15) is 12.1 Å². The van der Waals surface area contributed by atoms with Crippen molar-refractivity contribution in [2.45, 2.75) is 53.8 Å². The van der Waals surface area contributed by atoms with Crippen LogP contribution in [0.1, 0.15) is 55.5 Å². The molecule has 1 amide bonds. The van der Waals surface area contributed by atoms with E-state index in [9.17, 15) is 9.90 Å². The van der Waals surface area contributed by atoms with Gasteiger partial charge in [-0.1, -0.05) is 0 Å². The summed E-state index contributed by atoms with van der Waals surface area (Å²) >= 11 is 0. The molecule has 1 unspecified atom stereocenters. The summed E-state index contributed by atoms with van der Waals surface area (Å²) in [5.41, 5.74) is 7.00. The molecule has 0 bridgehead atoms. The molecule has 33 heavy (non-hydrogen) atoms. The third kappa shape index (κ3) is 4.41. The number of dihydropyridines is 1. The molecule has 1 atom stereocenters. The van der Waals surface area contributed by atoms with Crippen molar-refractivity contribution in [3.63, 3.8) is 0 Å². The molecule has 4 rings (SSSR count). The largest absolute Gasteiger partial charge is 0.370 e. The number of fused-ring (bicyclic) bond motifs is 1. The Balaban J connectivity index is 1.77. The fraction of sp³-hybridized carbons (Fsp3) is 0.346. The van der Waals surface area contributed by atoms with Crippen LogP contribution in [0.4, 0.5) is 0 Å². The van der Waals surface area contributed by atoms with Gasteiger partial charge in [-0.15, -0.1) is 0 Å². The second kappa shape index (κ2) is 8.83. The summed E-state index contributed by atoms with van der Waals surface area (Å²) < 4.78 is 2.19. The smallest absolute Gasteiger partial charge is 0.252 e. The van der Waals surface area contributed by atoms with E-state index < -0.39 is 6.23 Å². The molecule has 0 spiro atoms. The van der Waals surface area contributed by atoms with E-state index in [1.165, 1.54) is 0 Å². The van der Waals surface area contributed by atoms with Gasteiger partial charge < -0.3 is 20.3 Å². The van der Waals surface area contributed by atoms with Crippen molar-refractivity contribution in [2.24, 2.45) is 0 Å². The SMILES string of the molecule is CC1=CC(C)=C(CNC(=O)c2cc(-c3cnc(C)nc3)cc3c2c(C)cn3C(C)C)C(O)N1. The van der Waals surface area contributed by atoms with Crippen molar-refractivity contribution in [3.05, 3.63) is 70.6 Å². The van der Waals surface area contributed by atoms with Crippen LogP contribution >= 0.6 is 0 Å². The fourth-order valence-electron chi connectivity index (χ4n) is 4.39. The third-order valence-corrected chi connectivity index (χ3v) is 6.11. The Morgan fingerprint density at radius 3 is 2.48 bits per heavy atom. The average molecular weight is 446 g/mol. The molecule has 1 aliphatic heterocycles. The minimum atomic E-state index is -0.810. The van der Waals surface area contributed by atoms with E-state index in [2.05, 4.69) is 51.3 Å². The molecule has 7 nitrogen and oxygen atoms in total. The van der Waals surface area contributed by atoms with Crippen LogP contribution < -0.4 is 10.6 Å². The van der Waals surface area contributed by atoms with E-state index in [1.807, 2.05) is 39.8 Å². The van der Waals surface area contributed by atoms with Gasteiger partial charge >= 0.3 is 0 Å². The van der Waals surface area contributed by atoms with Crippen molar-refractivity contribution in [3.8, 4) is 11.1 Å². The van der Waals surface area contributed by atoms with Gasteiger partial charge in [0.15, 0.2) is 0 Å². The van der Waals surface area contributed by atoms with Crippen molar-refractivity contribution >= 4 is 16.8 Å². The van der Waals surface area contributed by atoms with Gasteiger partial charge in [-0.2, -0.15) is 0 Å². The highest BCUT2D eigenvalue weighted by molar-refractivity contribution is 6.09. The first-order valence-corrected chi connectivity index (χ1v) is 11.2. The minimum Gasteiger partial charge on any atom is -0.370 e. The summed E-state index contributed by atoms with van der Waals surface area (Å²) in [7, 11) is 0. The summed E-state index contributed by atoms with van der Waals surface area (Å²) in [6.07, 6.45) is 6.82. The molecule has 0 saturated carbocycles. The lowest BCUT2D eigenvalue weighted by Crippen LogP contribution is -2.38. The van der Waals surface area contributed by atoms with Crippen molar-refractivity contribution in [2.75, 3.05) is 6.54 Å². The second-order valence-corrected chi connectivity index (χ2v) is 9.02. The van der Waals surface area contributed by atoms with Crippen LogP contribution in [-0.4, -0.2) is 38.3 Å². The Labute approximate surface area is 194 Å². The van der Waals surface area contributed by atoms with E-state index >= 15 is 0 Å².